The Labute approximate surface area is 163 Å². The number of halogens is 5. The highest BCUT2D eigenvalue weighted by atomic mass is 19.4. The van der Waals surface area contributed by atoms with E-state index in [1.165, 1.54) is 30.3 Å². The summed E-state index contributed by atoms with van der Waals surface area (Å²) < 4.78 is 74.2. The normalized spacial score (nSPS) is 14.8. The molecular weight excluding hydrogens is 399 g/mol. The van der Waals surface area contributed by atoms with Gasteiger partial charge >= 0.3 is 12.8 Å². The molecule has 0 unspecified atom stereocenters. The van der Waals surface area contributed by atoms with Crippen molar-refractivity contribution in [3.63, 3.8) is 0 Å². The van der Waals surface area contributed by atoms with Crippen LogP contribution in [0.15, 0.2) is 42.5 Å². The molecule has 1 aliphatic rings. The van der Waals surface area contributed by atoms with Crippen LogP contribution in [-0.2, 0) is 10.9 Å². The molecule has 1 fully saturated rings. The Bertz CT molecular complexity index is 867. The van der Waals surface area contributed by atoms with Crippen LogP contribution in [0.4, 0.5) is 33.3 Å². The number of hydrogen-bond acceptors (Lipinski definition) is 4. The molecule has 0 aromatic heterocycles. The first kappa shape index (κ1) is 20.8. The molecule has 2 aromatic carbocycles. The number of hydrogen-bond donors (Lipinski definition) is 1. The first-order valence-electron chi connectivity index (χ1n) is 8.65. The van der Waals surface area contributed by atoms with Crippen molar-refractivity contribution in [3.05, 3.63) is 53.6 Å². The molecule has 1 N–H and O–H groups in total. The van der Waals surface area contributed by atoms with Crippen LogP contribution in [0.5, 0.6) is 5.75 Å². The van der Waals surface area contributed by atoms with Crippen molar-refractivity contribution in [1.29, 1.82) is 0 Å². The van der Waals surface area contributed by atoms with Crippen LogP contribution < -0.4 is 15.0 Å². The predicted molar refractivity (Wildman–Crippen MR) is 95.5 cm³/mol. The smallest absolute Gasteiger partial charge is 0.416 e. The Hall–Kier alpha value is -2.88. The number of anilines is 2. The Balaban J connectivity index is 1.95. The molecule has 2 aromatic rings. The first-order chi connectivity index (χ1) is 13.8. The molecule has 1 saturated heterocycles. The number of para-hydroxylation sites is 1. The van der Waals surface area contributed by atoms with E-state index in [0.29, 0.717) is 32.0 Å². The van der Waals surface area contributed by atoms with Gasteiger partial charge in [0.05, 0.1) is 35.7 Å². The van der Waals surface area contributed by atoms with E-state index in [4.69, 9.17) is 4.74 Å². The Morgan fingerprint density at radius 2 is 1.79 bits per heavy atom. The van der Waals surface area contributed by atoms with Crippen molar-refractivity contribution in [3.8, 4) is 5.75 Å². The number of amides is 1. The molecule has 0 atom stereocenters. The maximum Gasteiger partial charge on any atom is 0.416 e. The molecule has 29 heavy (non-hydrogen) atoms. The standard InChI is InChI=1S/C19H17F5N2O3/c20-18(21)29-16-4-2-1-3-13(16)17(27)25-14-11-12(19(22,23)24)5-6-15(14)26-7-9-28-10-8-26/h1-6,11,18H,7-10H2,(H,25,27). The number of alkyl halides is 5. The average Bonchev–Trinajstić information content (AvgIpc) is 2.68. The van der Waals surface area contributed by atoms with E-state index in [1.807, 2.05) is 0 Å². The van der Waals surface area contributed by atoms with Gasteiger partial charge in [0.2, 0.25) is 0 Å². The number of carbonyl (C=O) groups excluding carboxylic acids is 1. The summed E-state index contributed by atoms with van der Waals surface area (Å²) in [6.07, 6.45) is -4.61. The molecular formula is C19H17F5N2O3. The third-order valence-electron chi connectivity index (χ3n) is 4.27. The molecule has 5 nitrogen and oxygen atoms in total. The fraction of sp³-hybridized carbons (Fsp3) is 0.316. The van der Waals surface area contributed by atoms with Crippen LogP contribution in [0.1, 0.15) is 15.9 Å². The topological polar surface area (TPSA) is 50.8 Å². The van der Waals surface area contributed by atoms with Gasteiger partial charge in [0.15, 0.2) is 0 Å². The number of benzene rings is 2. The van der Waals surface area contributed by atoms with E-state index in [2.05, 4.69) is 10.1 Å². The Kier molecular flexibility index (Phi) is 6.21. The average molecular weight is 416 g/mol. The van der Waals surface area contributed by atoms with E-state index in [-0.39, 0.29) is 17.0 Å². The van der Waals surface area contributed by atoms with E-state index >= 15 is 0 Å². The Morgan fingerprint density at radius 3 is 2.45 bits per heavy atom. The second-order valence-corrected chi connectivity index (χ2v) is 6.16. The minimum atomic E-state index is -4.61. The molecule has 0 spiro atoms. The fourth-order valence-corrected chi connectivity index (χ4v) is 2.94. The van der Waals surface area contributed by atoms with E-state index in [1.54, 1.807) is 4.90 Å². The molecule has 1 aliphatic heterocycles. The molecule has 0 bridgehead atoms. The zero-order valence-electron chi connectivity index (χ0n) is 15.0. The van der Waals surface area contributed by atoms with Crippen LogP contribution in [0.3, 0.4) is 0 Å². The summed E-state index contributed by atoms with van der Waals surface area (Å²) in [6, 6.07) is 8.27. The van der Waals surface area contributed by atoms with Crippen LogP contribution in [0.2, 0.25) is 0 Å². The third-order valence-corrected chi connectivity index (χ3v) is 4.27. The zero-order chi connectivity index (χ0) is 21.0. The van der Waals surface area contributed by atoms with E-state index in [0.717, 1.165) is 12.1 Å². The number of carbonyl (C=O) groups is 1. The van der Waals surface area contributed by atoms with Crippen molar-refractivity contribution < 1.29 is 36.2 Å². The monoisotopic (exact) mass is 416 g/mol. The lowest BCUT2D eigenvalue weighted by molar-refractivity contribution is -0.137. The minimum absolute atomic E-state index is 0.0847. The maximum absolute atomic E-state index is 13.2. The van der Waals surface area contributed by atoms with Crippen molar-refractivity contribution in [2.45, 2.75) is 12.8 Å². The zero-order valence-corrected chi connectivity index (χ0v) is 15.0. The van der Waals surface area contributed by atoms with Gasteiger partial charge in [0.1, 0.15) is 5.75 Å². The SMILES string of the molecule is O=C(Nc1cc(C(F)(F)F)ccc1N1CCOCC1)c1ccccc1OC(F)F. The van der Waals surface area contributed by atoms with Crippen LogP contribution >= 0.6 is 0 Å². The van der Waals surface area contributed by atoms with Crippen molar-refractivity contribution in [2.75, 3.05) is 36.5 Å². The fourth-order valence-electron chi connectivity index (χ4n) is 2.94. The summed E-state index contributed by atoms with van der Waals surface area (Å²) in [7, 11) is 0. The summed E-state index contributed by atoms with van der Waals surface area (Å²) in [5.41, 5.74) is -0.874. The Morgan fingerprint density at radius 1 is 1.10 bits per heavy atom. The van der Waals surface area contributed by atoms with Crippen molar-refractivity contribution in [1.82, 2.24) is 0 Å². The molecule has 3 rings (SSSR count). The van der Waals surface area contributed by atoms with Crippen LogP contribution in [0, 0.1) is 0 Å². The van der Waals surface area contributed by atoms with Gasteiger partial charge in [-0.25, -0.2) is 0 Å². The second-order valence-electron chi connectivity index (χ2n) is 6.16. The van der Waals surface area contributed by atoms with Gasteiger partial charge in [-0.15, -0.1) is 0 Å². The lowest BCUT2D eigenvalue weighted by atomic mass is 10.1. The highest BCUT2D eigenvalue weighted by Crippen LogP contribution is 2.36. The second kappa shape index (κ2) is 8.64. The van der Waals surface area contributed by atoms with Gasteiger partial charge in [0.25, 0.3) is 5.91 Å². The lowest BCUT2D eigenvalue weighted by Crippen LogP contribution is -2.36. The van der Waals surface area contributed by atoms with E-state index in [9.17, 15) is 26.7 Å². The van der Waals surface area contributed by atoms with Crippen LogP contribution in [0.25, 0.3) is 0 Å². The van der Waals surface area contributed by atoms with Gasteiger partial charge in [-0.05, 0) is 30.3 Å². The summed E-state index contributed by atoms with van der Waals surface area (Å²) in [5, 5.41) is 2.40. The summed E-state index contributed by atoms with van der Waals surface area (Å²) >= 11 is 0. The van der Waals surface area contributed by atoms with E-state index < -0.39 is 24.3 Å². The molecule has 0 saturated carbocycles. The number of ether oxygens (including phenoxy) is 2. The highest BCUT2D eigenvalue weighted by molar-refractivity contribution is 6.07. The van der Waals surface area contributed by atoms with Crippen LogP contribution in [-0.4, -0.2) is 38.8 Å². The molecule has 0 aliphatic carbocycles. The van der Waals surface area contributed by atoms with Gasteiger partial charge in [0, 0.05) is 13.1 Å². The highest BCUT2D eigenvalue weighted by Gasteiger charge is 2.32. The minimum Gasteiger partial charge on any atom is -0.434 e. The van der Waals surface area contributed by atoms with Gasteiger partial charge in [-0.2, -0.15) is 22.0 Å². The lowest BCUT2D eigenvalue weighted by Gasteiger charge is -2.31. The quantitative estimate of drug-likeness (QED) is 0.735. The molecule has 156 valence electrons. The molecule has 10 heteroatoms. The summed E-state index contributed by atoms with van der Waals surface area (Å²) in [6.45, 7) is -1.51. The number of morpholine rings is 1. The largest absolute Gasteiger partial charge is 0.434 e. The van der Waals surface area contributed by atoms with Crippen molar-refractivity contribution >= 4 is 17.3 Å². The number of rotatable bonds is 5. The number of nitrogens with one attached hydrogen (secondary N) is 1. The predicted octanol–water partition coefficient (Wildman–Crippen LogP) is 4.40. The number of nitrogens with zero attached hydrogens (tertiary/aromatic N) is 1. The van der Waals surface area contributed by atoms with Gasteiger partial charge in [-0.1, -0.05) is 12.1 Å². The first-order valence-corrected chi connectivity index (χ1v) is 8.65. The van der Waals surface area contributed by atoms with Gasteiger partial charge in [-0.3, -0.25) is 4.79 Å². The summed E-state index contributed by atoms with van der Waals surface area (Å²) in [5.74, 6) is -1.24. The van der Waals surface area contributed by atoms with Crippen molar-refractivity contribution in [2.24, 2.45) is 0 Å². The molecule has 1 amide bonds. The third kappa shape index (κ3) is 5.14. The summed E-state index contributed by atoms with van der Waals surface area (Å²) in [4.78, 5) is 14.4. The maximum atomic E-state index is 13.2. The molecule has 1 heterocycles. The molecule has 0 radical (unpaired) electrons. The van der Waals surface area contributed by atoms with Gasteiger partial charge < -0.3 is 19.7 Å².